The molecule has 1 aromatic heterocycles. The Morgan fingerprint density at radius 1 is 1.20 bits per heavy atom. The molecule has 1 N–H and O–H groups in total. The van der Waals surface area contributed by atoms with Crippen molar-refractivity contribution in [2.24, 2.45) is 5.41 Å². The number of H-pyrrole nitrogens is 1. The van der Waals surface area contributed by atoms with E-state index >= 15 is 0 Å². The summed E-state index contributed by atoms with van der Waals surface area (Å²) in [5.41, 5.74) is 1.52. The second-order valence-electron chi connectivity index (χ2n) is 7.96. The molecule has 1 saturated carbocycles. The minimum atomic E-state index is -0.744. The summed E-state index contributed by atoms with van der Waals surface area (Å²) in [6.07, 6.45) is 2.18. The van der Waals surface area contributed by atoms with Crippen molar-refractivity contribution in [3.8, 4) is 11.8 Å². The first-order chi connectivity index (χ1) is 14.5. The number of nitrogens with one attached hydrogen (secondary N) is 1. The van der Waals surface area contributed by atoms with Crippen LogP contribution in [0.3, 0.4) is 0 Å². The van der Waals surface area contributed by atoms with E-state index < -0.39 is 17.3 Å². The van der Waals surface area contributed by atoms with Gasteiger partial charge >= 0.3 is 5.69 Å². The van der Waals surface area contributed by atoms with Gasteiger partial charge in [-0.2, -0.15) is 4.98 Å². The van der Waals surface area contributed by atoms with E-state index in [0.29, 0.717) is 19.8 Å². The number of nitrogens with zero attached hydrogens (tertiary/aromatic N) is 2. The predicted molar refractivity (Wildman–Crippen MR) is 110 cm³/mol. The van der Waals surface area contributed by atoms with Crippen LogP contribution >= 0.6 is 0 Å². The van der Waals surface area contributed by atoms with Gasteiger partial charge in [-0.15, -0.1) is 0 Å². The predicted octanol–water partition coefficient (Wildman–Crippen LogP) is 4.02. The monoisotopic (exact) mass is 407 g/mol. The number of halogens is 2. The summed E-state index contributed by atoms with van der Waals surface area (Å²) < 4.78 is 34.8. The van der Waals surface area contributed by atoms with Crippen molar-refractivity contribution in [2.75, 3.05) is 18.1 Å². The van der Waals surface area contributed by atoms with Crippen LogP contribution in [0.5, 0.6) is 0 Å². The van der Waals surface area contributed by atoms with Gasteiger partial charge in [-0.25, -0.2) is 13.6 Å². The summed E-state index contributed by atoms with van der Waals surface area (Å²) in [5.74, 6) is 5.29. The first-order valence-electron chi connectivity index (χ1n) is 9.84. The van der Waals surface area contributed by atoms with Crippen LogP contribution in [0.25, 0.3) is 10.9 Å². The SMILES string of the molecule is CC1(C#Cc2cccc3c2COCCN3c2nc(=O)[nH]c3c(F)ccc(F)c23)CC1. The highest BCUT2D eigenvalue weighted by molar-refractivity contribution is 5.92. The van der Waals surface area contributed by atoms with E-state index in [0.717, 1.165) is 41.8 Å². The number of benzene rings is 2. The van der Waals surface area contributed by atoms with Gasteiger partial charge in [0.2, 0.25) is 0 Å². The number of aromatic nitrogens is 2. The van der Waals surface area contributed by atoms with Crippen LogP contribution in [-0.2, 0) is 11.3 Å². The first kappa shape index (κ1) is 18.8. The van der Waals surface area contributed by atoms with Gasteiger partial charge in [0.15, 0.2) is 5.82 Å². The Kier molecular flexibility index (Phi) is 4.33. The lowest BCUT2D eigenvalue weighted by Crippen LogP contribution is -2.26. The first-order valence-corrected chi connectivity index (χ1v) is 9.84. The van der Waals surface area contributed by atoms with Gasteiger partial charge in [0.05, 0.1) is 24.1 Å². The van der Waals surface area contributed by atoms with Crippen LogP contribution in [-0.4, -0.2) is 23.1 Å². The normalized spacial score (nSPS) is 17.1. The molecular weight excluding hydrogens is 388 g/mol. The van der Waals surface area contributed by atoms with E-state index in [2.05, 4.69) is 28.7 Å². The molecule has 152 valence electrons. The summed E-state index contributed by atoms with van der Waals surface area (Å²) >= 11 is 0. The zero-order valence-electron chi connectivity index (χ0n) is 16.4. The van der Waals surface area contributed by atoms with E-state index in [1.165, 1.54) is 0 Å². The topological polar surface area (TPSA) is 58.2 Å². The Morgan fingerprint density at radius 2 is 2.00 bits per heavy atom. The average molecular weight is 407 g/mol. The number of aromatic amines is 1. The molecule has 0 bridgehead atoms. The molecule has 0 atom stereocenters. The fourth-order valence-corrected chi connectivity index (χ4v) is 3.67. The minimum Gasteiger partial charge on any atom is -0.375 e. The van der Waals surface area contributed by atoms with Crippen molar-refractivity contribution in [3.05, 3.63) is 63.6 Å². The summed E-state index contributed by atoms with van der Waals surface area (Å²) in [6.45, 7) is 3.15. The lowest BCUT2D eigenvalue weighted by molar-refractivity contribution is 0.133. The highest BCUT2D eigenvalue weighted by Crippen LogP contribution is 2.44. The zero-order valence-corrected chi connectivity index (χ0v) is 16.4. The van der Waals surface area contributed by atoms with Gasteiger partial charge < -0.3 is 14.6 Å². The number of ether oxygens (including phenoxy) is 1. The Bertz CT molecular complexity index is 1290. The quantitative estimate of drug-likeness (QED) is 0.619. The Labute approximate surface area is 171 Å². The molecular formula is C23H19F2N3O2. The third-order valence-corrected chi connectivity index (χ3v) is 5.67. The summed E-state index contributed by atoms with van der Waals surface area (Å²) in [6, 6.07) is 7.67. The molecule has 7 heteroatoms. The lowest BCUT2D eigenvalue weighted by Gasteiger charge is -2.24. The van der Waals surface area contributed by atoms with Crippen molar-refractivity contribution in [3.63, 3.8) is 0 Å². The van der Waals surface area contributed by atoms with Crippen LogP contribution in [0, 0.1) is 28.9 Å². The zero-order chi connectivity index (χ0) is 20.9. The average Bonchev–Trinajstić information content (AvgIpc) is 3.50. The molecule has 2 aromatic carbocycles. The molecule has 0 amide bonds. The van der Waals surface area contributed by atoms with Crippen LogP contribution < -0.4 is 10.6 Å². The fourth-order valence-electron chi connectivity index (χ4n) is 3.67. The smallest absolute Gasteiger partial charge is 0.347 e. The van der Waals surface area contributed by atoms with Gasteiger partial charge in [-0.3, -0.25) is 0 Å². The molecule has 2 aliphatic rings. The van der Waals surface area contributed by atoms with Crippen LogP contribution in [0.2, 0.25) is 0 Å². The Hall–Kier alpha value is -3.24. The molecule has 1 fully saturated rings. The molecule has 5 rings (SSSR count). The third-order valence-electron chi connectivity index (χ3n) is 5.67. The third kappa shape index (κ3) is 3.23. The highest BCUT2D eigenvalue weighted by atomic mass is 19.1. The van der Waals surface area contributed by atoms with Crippen LogP contribution in [0.4, 0.5) is 20.3 Å². The van der Waals surface area contributed by atoms with Gasteiger partial charge in [0.1, 0.15) is 11.6 Å². The van der Waals surface area contributed by atoms with Crippen LogP contribution in [0.15, 0.2) is 35.1 Å². The number of hydrogen-bond donors (Lipinski definition) is 1. The number of fused-ring (bicyclic) bond motifs is 2. The second kappa shape index (κ2) is 6.92. The van der Waals surface area contributed by atoms with E-state index in [-0.39, 0.29) is 22.1 Å². The van der Waals surface area contributed by atoms with Crippen molar-refractivity contribution in [2.45, 2.75) is 26.4 Å². The lowest BCUT2D eigenvalue weighted by atomic mass is 10.0. The van der Waals surface area contributed by atoms with Crippen molar-refractivity contribution in [1.29, 1.82) is 0 Å². The van der Waals surface area contributed by atoms with E-state index in [9.17, 15) is 13.6 Å². The molecule has 0 unspecified atom stereocenters. The number of rotatable bonds is 1. The summed E-state index contributed by atoms with van der Waals surface area (Å²) in [5, 5.41) is -0.0653. The molecule has 0 saturated heterocycles. The van der Waals surface area contributed by atoms with Gasteiger partial charge in [-0.05, 0) is 44.0 Å². The molecule has 0 spiro atoms. The molecule has 5 nitrogen and oxygen atoms in total. The van der Waals surface area contributed by atoms with Crippen molar-refractivity contribution < 1.29 is 13.5 Å². The largest absolute Gasteiger partial charge is 0.375 e. The van der Waals surface area contributed by atoms with Gasteiger partial charge in [0.25, 0.3) is 0 Å². The van der Waals surface area contributed by atoms with E-state index in [4.69, 9.17) is 4.74 Å². The summed E-state index contributed by atoms with van der Waals surface area (Å²) in [7, 11) is 0. The minimum absolute atomic E-state index is 0.0653. The molecule has 3 aromatic rings. The van der Waals surface area contributed by atoms with E-state index in [1.54, 1.807) is 4.90 Å². The van der Waals surface area contributed by atoms with Crippen molar-refractivity contribution in [1.82, 2.24) is 9.97 Å². The Morgan fingerprint density at radius 3 is 2.80 bits per heavy atom. The van der Waals surface area contributed by atoms with Crippen LogP contribution in [0.1, 0.15) is 30.9 Å². The maximum Gasteiger partial charge on any atom is 0.347 e. The Balaban J connectivity index is 1.72. The maximum atomic E-state index is 14.7. The molecule has 0 radical (unpaired) electrons. The highest BCUT2D eigenvalue weighted by Gasteiger charge is 2.35. The van der Waals surface area contributed by atoms with Gasteiger partial charge in [0, 0.05) is 28.8 Å². The standard InChI is InChI=1S/C23H19F2N3O2/c1-23(9-10-23)8-7-14-3-2-4-18-15(14)13-30-12-11-28(18)21-19-16(24)5-6-17(25)20(19)26-22(29)27-21/h2-6H,9-13H2,1H3,(H,26,27,29). The maximum absolute atomic E-state index is 14.7. The fraction of sp³-hybridized carbons (Fsp3) is 0.304. The molecule has 1 aliphatic heterocycles. The van der Waals surface area contributed by atoms with Crippen molar-refractivity contribution >= 4 is 22.4 Å². The number of hydrogen-bond acceptors (Lipinski definition) is 4. The van der Waals surface area contributed by atoms with E-state index in [1.807, 2.05) is 18.2 Å². The summed E-state index contributed by atoms with van der Waals surface area (Å²) in [4.78, 5) is 20.2. The van der Waals surface area contributed by atoms with Gasteiger partial charge in [-0.1, -0.05) is 17.9 Å². The number of anilines is 2. The second-order valence-corrected chi connectivity index (χ2v) is 7.96. The molecule has 1 aliphatic carbocycles. The molecule has 30 heavy (non-hydrogen) atoms. The molecule has 2 heterocycles.